The Bertz CT molecular complexity index is 1140. The molecule has 2 heterocycles. The minimum atomic E-state index is -0.104. The Kier molecular flexibility index (Phi) is 7.89. The highest BCUT2D eigenvalue weighted by atomic mass is 16.5. The molecule has 1 aromatic heterocycles. The molecule has 3 aromatic rings. The van der Waals surface area contributed by atoms with Gasteiger partial charge in [-0.1, -0.05) is 12.1 Å². The maximum Gasteiger partial charge on any atom is 0.227 e. The molecule has 4 rings (SSSR count). The summed E-state index contributed by atoms with van der Waals surface area (Å²) < 4.78 is 5.01. The number of methoxy groups -OCH3 is 1. The number of ether oxygens (including phenoxy) is 1. The van der Waals surface area contributed by atoms with Crippen molar-refractivity contribution in [1.82, 2.24) is 14.9 Å². The molecule has 0 radical (unpaired) electrons. The smallest absolute Gasteiger partial charge is 0.227 e. The first-order valence-electron chi connectivity index (χ1n) is 11.6. The molecule has 0 saturated carbocycles. The minimum absolute atomic E-state index is 0.104. The van der Waals surface area contributed by atoms with E-state index in [9.17, 15) is 9.59 Å². The number of hydrogen-bond donors (Lipinski definition) is 2. The highest BCUT2D eigenvalue weighted by molar-refractivity contribution is 5.88. The third-order valence-corrected chi connectivity index (χ3v) is 5.80. The molecule has 0 atom stereocenters. The molecule has 1 fully saturated rings. The Labute approximate surface area is 205 Å². The summed E-state index contributed by atoms with van der Waals surface area (Å²) in [5, 5.41) is 6.02. The summed E-state index contributed by atoms with van der Waals surface area (Å²) in [7, 11) is 1.61. The first kappa shape index (κ1) is 24.2. The summed E-state index contributed by atoms with van der Waals surface area (Å²) in [6.07, 6.45) is 2.15. The van der Waals surface area contributed by atoms with Gasteiger partial charge in [0, 0.05) is 69.0 Å². The third-order valence-electron chi connectivity index (χ3n) is 5.80. The van der Waals surface area contributed by atoms with E-state index in [4.69, 9.17) is 4.74 Å². The number of anilines is 4. The molecule has 2 N–H and O–H groups in total. The third kappa shape index (κ3) is 6.54. The van der Waals surface area contributed by atoms with E-state index in [0.29, 0.717) is 19.0 Å². The first-order valence-corrected chi connectivity index (χ1v) is 11.6. The van der Waals surface area contributed by atoms with Crippen LogP contribution in [0.3, 0.4) is 0 Å². The van der Waals surface area contributed by atoms with Crippen molar-refractivity contribution in [3.05, 3.63) is 60.8 Å². The predicted molar refractivity (Wildman–Crippen MR) is 137 cm³/mol. The van der Waals surface area contributed by atoms with Gasteiger partial charge in [0.05, 0.1) is 18.7 Å². The zero-order valence-electron chi connectivity index (χ0n) is 20.0. The summed E-state index contributed by atoms with van der Waals surface area (Å²) in [6, 6.07) is 17.5. The normalized spacial score (nSPS) is 13.4. The Balaban J connectivity index is 1.34. The van der Waals surface area contributed by atoms with Crippen LogP contribution in [0.5, 0.6) is 0 Å². The lowest BCUT2D eigenvalue weighted by molar-refractivity contribution is -0.132. The van der Waals surface area contributed by atoms with Gasteiger partial charge >= 0.3 is 0 Å². The van der Waals surface area contributed by atoms with E-state index >= 15 is 0 Å². The van der Waals surface area contributed by atoms with Crippen LogP contribution >= 0.6 is 0 Å². The van der Waals surface area contributed by atoms with Crippen molar-refractivity contribution in [2.24, 2.45) is 0 Å². The van der Waals surface area contributed by atoms with E-state index in [2.05, 4.69) is 37.6 Å². The number of rotatable bonds is 8. The molecule has 9 nitrogen and oxygen atoms in total. The van der Waals surface area contributed by atoms with Gasteiger partial charge in [0.1, 0.15) is 0 Å². The monoisotopic (exact) mass is 474 g/mol. The lowest BCUT2D eigenvalue weighted by Gasteiger charge is -2.36. The van der Waals surface area contributed by atoms with E-state index in [1.54, 1.807) is 13.3 Å². The maximum absolute atomic E-state index is 12.2. The van der Waals surface area contributed by atoms with Crippen LogP contribution in [0.25, 0.3) is 11.3 Å². The molecule has 1 aliphatic heterocycles. The van der Waals surface area contributed by atoms with Gasteiger partial charge < -0.3 is 25.2 Å². The summed E-state index contributed by atoms with van der Waals surface area (Å²) in [5.41, 5.74) is 4.47. The molecule has 9 heteroatoms. The van der Waals surface area contributed by atoms with Crippen molar-refractivity contribution < 1.29 is 14.3 Å². The quantitative estimate of drug-likeness (QED) is 0.515. The van der Waals surface area contributed by atoms with Gasteiger partial charge in [-0.3, -0.25) is 9.59 Å². The van der Waals surface area contributed by atoms with Crippen molar-refractivity contribution in [3.63, 3.8) is 0 Å². The largest absolute Gasteiger partial charge is 0.384 e. The second-order valence-electron chi connectivity index (χ2n) is 8.31. The van der Waals surface area contributed by atoms with Crippen molar-refractivity contribution in [1.29, 1.82) is 0 Å². The van der Waals surface area contributed by atoms with Crippen LogP contribution in [0.4, 0.5) is 23.0 Å². The molecular weight excluding hydrogens is 444 g/mol. The molecule has 0 spiro atoms. The SMILES string of the molecule is COCCC(=O)N1CCN(c2ccc(Nc3nccc(-c4ccc(NC(C)=O)cc4)n3)cc2)CC1. The average molecular weight is 475 g/mol. The summed E-state index contributed by atoms with van der Waals surface area (Å²) in [6.45, 7) is 4.99. The molecule has 0 bridgehead atoms. The number of amides is 2. The van der Waals surface area contributed by atoms with Gasteiger partial charge in [0.15, 0.2) is 0 Å². The standard InChI is InChI=1S/C26H30N6O3/c1-19(33)28-21-5-3-20(4-6-21)24-11-13-27-26(30-24)29-22-7-9-23(10-8-22)31-14-16-32(17-15-31)25(34)12-18-35-2/h3-11,13H,12,14-18H2,1-2H3,(H,28,33)(H,27,29,30). The summed E-state index contributed by atoms with van der Waals surface area (Å²) in [4.78, 5) is 36.5. The Morgan fingerprint density at radius 2 is 1.63 bits per heavy atom. The van der Waals surface area contributed by atoms with E-state index < -0.39 is 0 Å². The van der Waals surface area contributed by atoms with Gasteiger partial charge in [-0.2, -0.15) is 0 Å². The molecule has 0 aliphatic carbocycles. The molecule has 35 heavy (non-hydrogen) atoms. The molecule has 2 amide bonds. The van der Waals surface area contributed by atoms with Crippen LogP contribution in [0, 0.1) is 0 Å². The number of nitrogens with zero attached hydrogens (tertiary/aromatic N) is 4. The van der Waals surface area contributed by atoms with E-state index in [1.165, 1.54) is 6.92 Å². The average Bonchev–Trinajstić information content (AvgIpc) is 2.88. The maximum atomic E-state index is 12.2. The summed E-state index contributed by atoms with van der Waals surface area (Å²) in [5.74, 6) is 0.550. The zero-order chi connectivity index (χ0) is 24.6. The van der Waals surface area contributed by atoms with E-state index in [1.807, 2.05) is 47.4 Å². The van der Waals surface area contributed by atoms with Crippen molar-refractivity contribution in [2.75, 3.05) is 55.4 Å². The minimum Gasteiger partial charge on any atom is -0.384 e. The van der Waals surface area contributed by atoms with Gasteiger partial charge in [-0.25, -0.2) is 9.97 Å². The Morgan fingerprint density at radius 3 is 2.29 bits per heavy atom. The van der Waals surface area contributed by atoms with Crippen LogP contribution in [0.2, 0.25) is 0 Å². The van der Waals surface area contributed by atoms with Crippen LogP contribution in [0.1, 0.15) is 13.3 Å². The predicted octanol–water partition coefficient (Wildman–Crippen LogP) is 3.53. The van der Waals surface area contributed by atoms with Crippen molar-refractivity contribution in [2.45, 2.75) is 13.3 Å². The van der Waals surface area contributed by atoms with E-state index in [-0.39, 0.29) is 11.8 Å². The Morgan fingerprint density at radius 1 is 0.943 bits per heavy atom. The fourth-order valence-electron chi connectivity index (χ4n) is 3.95. The fraction of sp³-hybridized carbons (Fsp3) is 0.308. The second kappa shape index (κ2) is 11.4. The fourth-order valence-corrected chi connectivity index (χ4v) is 3.95. The first-order chi connectivity index (χ1) is 17.0. The number of aromatic nitrogens is 2. The highest BCUT2D eigenvalue weighted by Gasteiger charge is 2.21. The topological polar surface area (TPSA) is 99.7 Å². The molecular formula is C26H30N6O3. The molecule has 2 aromatic carbocycles. The molecule has 182 valence electrons. The number of nitrogens with one attached hydrogen (secondary N) is 2. The van der Waals surface area contributed by atoms with Crippen molar-refractivity contribution in [3.8, 4) is 11.3 Å². The Hall–Kier alpha value is -3.98. The molecule has 1 aliphatic rings. The van der Waals surface area contributed by atoms with Crippen LogP contribution < -0.4 is 15.5 Å². The lowest BCUT2D eigenvalue weighted by Crippen LogP contribution is -2.49. The van der Waals surface area contributed by atoms with Crippen molar-refractivity contribution >= 4 is 34.8 Å². The lowest BCUT2D eigenvalue weighted by atomic mass is 10.1. The van der Waals surface area contributed by atoms with Gasteiger partial charge in [-0.15, -0.1) is 0 Å². The van der Waals surface area contributed by atoms with Gasteiger partial charge in [-0.05, 0) is 42.5 Å². The summed E-state index contributed by atoms with van der Waals surface area (Å²) >= 11 is 0. The van der Waals surface area contributed by atoms with Crippen LogP contribution in [-0.4, -0.2) is 66.6 Å². The zero-order valence-corrected chi connectivity index (χ0v) is 20.0. The highest BCUT2D eigenvalue weighted by Crippen LogP contribution is 2.24. The van der Waals surface area contributed by atoms with Gasteiger partial charge in [0.2, 0.25) is 17.8 Å². The van der Waals surface area contributed by atoms with E-state index in [0.717, 1.165) is 54.5 Å². The van der Waals surface area contributed by atoms with Crippen LogP contribution in [-0.2, 0) is 14.3 Å². The number of hydrogen-bond acceptors (Lipinski definition) is 7. The van der Waals surface area contributed by atoms with Crippen LogP contribution in [0.15, 0.2) is 60.8 Å². The molecule has 1 saturated heterocycles. The number of carbonyl (C=O) groups is 2. The number of piperazine rings is 1. The molecule has 0 unspecified atom stereocenters. The van der Waals surface area contributed by atoms with Gasteiger partial charge in [0.25, 0.3) is 0 Å². The number of carbonyl (C=O) groups excluding carboxylic acids is 2. The second-order valence-corrected chi connectivity index (χ2v) is 8.31. The number of benzene rings is 2.